The average molecular weight is 285 g/mol. The summed E-state index contributed by atoms with van der Waals surface area (Å²) >= 11 is 5.80. The van der Waals surface area contributed by atoms with Crippen molar-refractivity contribution in [3.05, 3.63) is 35.1 Å². The van der Waals surface area contributed by atoms with E-state index < -0.39 is 0 Å². The summed E-state index contributed by atoms with van der Waals surface area (Å²) in [4.78, 5) is 4.87. The van der Waals surface area contributed by atoms with Crippen LogP contribution in [-0.4, -0.2) is 48.4 Å². The molecule has 0 unspecified atom stereocenters. The summed E-state index contributed by atoms with van der Waals surface area (Å²) in [5.74, 6) is 0.558. The monoisotopic (exact) mass is 284 g/mol. The summed E-state index contributed by atoms with van der Waals surface area (Å²) < 4.78 is 13.1. The highest BCUT2D eigenvalue weighted by atomic mass is 35.5. The zero-order valence-corrected chi connectivity index (χ0v) is 12.3. The van der Waals surface area contributed by atoms with Crippen molar-refractivity contribution in [1.29, 1.82) is 0 Å². The summed E-state index contributed by atoms with van der Waals surface area (Å²) in [5, 5.41) is 0. The summed E-state index contributed by atoms with van der Waals surface area (Å²) in [6.07, 6.45) is 1.18. The molecule has 1 saturated heterocycles. The lowest BCUT2D eigenvalue weighted by Crippen LogP contribution is -2.31. The van der Waals surface area contributed by atoms with E-state index in [2.05, 4.69) is 9.80 Å². The van der Waals surface area contributed by atoms with Gasteiger partial charge in [0.05, 0.1) is 0 Å². The van der Waals surface area contributed by atoms with Crippen molar-refractivity contribution in [3.63, 3.8) is 0 Å². The number of hydrogen-bond donors (Lipinski definition) is 0. The van der Waals surface area contributed by atoms with Crippen molar-refractivity contribution >= 4 is 11.6 Å². The highest BCUT2D eigenvalue weighted by Gasteiger charge is 2.15. The Morgan fingerprint density at radius 3 is 2.63 bits per heavy atom. The number of aryl methyl sites for hydroxylation is 1. The van der Waals surface area contributed by atoms with Crippen LogP contribution in [0.3, 0.4) is 0 Å². The van der Waals surface area contributed by atoms with E-state index in [1.807, 2.05) is 13.0 Å². The Kier molecular flexibility index (Phi) is 5.61. The Morgan fingerprint density at radius 2 is 1.89 bits per heavy atom. The van der Waals surface area contributed by atoms with E-state index >= 15 is 0 Å². The first-order valence-corrected chi connectivity index (χ1v) is 7.48. The zero-order valence-electron chi connectivity index (χ0n) is 11.5. The van der Waals surface area contributed by atoms with E-state index in [1.165, 1.54) is 12.0 Å². The van der Waals surface area contributed by atoms with E-state index in [-0.39, 0.29) is 5.82 Å². The van der Waals surface area contributed by atoms with Crippen LogP contribution in [0.4, 0.5) is 4.39 Å². The molecule has 1 aromatic rings. The molecule has 0 saturated carbocycles. The lowest BCUT2D eigenvalue weighted by atomic mass is 10.1. The molecule has 0 aromatic heterocycles. The molecule has 0 spiro atoms. The third kappa shape index (κ3) is 4.44. The molecule has 0 atom stereocenters. The molecule has 1 heterocycles. The second kappa shape index (κ2) is 7.22. The summed E-state index contributed by atoms with van der Waals surface area (Å²) in [5.41, 5.74) is 2.27. The first-order valence-electron chi connectivity index (χ1n) is 6.95. The minimum Gasteiger partial charge on any atom is -0.301 e. The quantitative estimate of drug-likeness (QED) is 0.785. The van der Waals surface area contributed by atoms with Crippen LogP contribution in [0, 0.1) is 12.7 Å². The predicted molar refractivity (Wildman–Crippen MR) is 78.2 cm³/mol. The smallest absolute Gasteiger partial charge is 0.123 e. The van der Waals surface area contributed by atoms with E-state index in [0.29, 0.717) is 5.88 Å². The molecule has 1 aliphatic rings. The van der Waals surface area contributed by atoms with Gasteiger partial charge in [0, 0.05) is 32.1 Å². The Balaban J connectivity index is 1.92. The maximum atomic E-state index is 13.1. The first-order chi connectivity index (χ1) is 9.19. The third-order valence-corrected chi connectivity index (χ3v) is 3.95. The summed E-state index contributed by atoms with van der Waals surface area (Å²) in [6.45, 7) is 8.25. The van der Waals surface area contributed by atoms with Crippen LogP contribution >= 0.6 is 11.6 Å². The highest BCUT2D eigenvalue weighted by Crippen LogP contribution is 2.14. The van der Waals surface area contributed by atoms with Gasteiger partial charge in [-0.25, -0.2) is 4.39 Å². The fourth-order valence-electron chi connectivity index (χ4n) is 2.60. The van der Waals surface area contributed by atoms with Gasteiger partial charge < -0.3 is 4.90 Å². The molecular weight excluding hydrogens is 263 g/mol. The maximum absolute atomic E-state index is 13.1. The molecule has 1 fully saturated rings. The molecule has 19 heavy (non-hydrogen) atoms. The lowest BCUT2D eigenvalue weighted by Gasteiger charge is -2.22. The van der Waals surface area contributed by atoms with Gasteiger partial charge in [-0.15, -0.1) is 11.6 Å². The van der Waals surface area contributed by atoms with Gasteiger partial charge in [-0.05, 0) is 49.7 Å². The Labute approximate surface area is 120 Å². The lowest BCUT2D eigenvalue weighted by molar-refractivity contribution is 0.257. The summed E-state index contributed by atoms with van der Waals surface area (Å²) in [7, 11) is 0. The van der Waals surface area contributed by atoms with Crippen LogP contribution in [-0.2, 0) is 6.54 Å². The van der Waals surface area contributed by atoms with Crippen molar-refractivity contribution in [2.45, 2.75) is 19.9 Å². The number of hydrogen-bond acceptors (Lipinski definition) is 2. The Bertz CT molecular complexity index is 411. The SMILES string of the molecule is Cc1cc(F)ccc1CN1CCCN(CCCl)CC1. The number of benzene rings is 1. The van der Waals surface area contributed by atoms with Gasteiger partial charge >= 0.3 is 0 Å². The summed E-state index contributed by atoms with van der Waals surface area (Å²) in [6, 6.07) is 5.08. The molecule has 0 radical (unpaired) electrons. The van der Waals surface area contributed by atoms with Crippen LogP contribution in [0.15, 0.2) is 18.2 Å². The minimum atomic E-state index is -0.148. The molecule has 0 bridgehead atoms. The second-order valence-corrected chi connectivity index (χ2v) is 5.61. The largest absolute Gasteiger partial charge is 0.301 e. The van der Waals surface area contributed by atoms with Crippen molar-refractivity contribution in [3.8, 4) is 0 Å². The van der Waals surface area contributed by atoms with Crippen LogP contribution in [0.25, 0.3) is 0 Å². The van der Waals surface area contributed by atoms with Gasteiger partial charge in [0.15, 0.2) is 0 Å². The molecule has 0 N–H and O–H groups in total. The molecule has 1 aliphatic heterocycles. The number of halogens is 2. The maximum Gasteiger partial charge on any atom is 0.123 e. The van der Waals surface area contributed by atoms with E-state index in [9.17, 15) is 4.39 Å². The third-order valence-electron chi connectivity index (χ3n) is 3.78. The van der Waals surface area contributed by atoms with Gasteiger partial charge in [0.1, 0.15) is 5.82 Å². The zero-order chi connectivity index (χ0) is 13.7. The highest BCUT2D eigenvalue weighted by molar-refractivity contribution is 6.18. The number of rotatable bonds is 4. The van der Waals surface area contributed by atoms with Crippen molar-refractivity contribution in [2.24, 2.45) is 0 Å². The fraction of sp³-hybridized carbons (Fsp3) is 0.600. The van der Waals surface area contributed by atoms with Crippen LogP contribution in [0.2, 0.25) is 0 Å². The fourth-order valence-corrected chi connectivity index (χ4v) is 2.84. The average Bonchev–Trinajstić information content (AvgIpc) is 2.59. The molecule has 106 valence electrons. The predicted octanol–water partition coefficient (Wildman–Crippen LogP) is 2.88. The van der Waals surface area contributed by atoms with Gasteiger partial charge in [-0.2, -0.15) is 0 Å². The standard InChI is InChI=1S/C15H22ClFN2/c1-13-11-15(17)4-3-14(13)12-19-7-2-6-18(8-5-16)9-10-19/h3-4,11H,2,5-10,12H2,1H3. The van der Waals surface area contributed by atoms with Gasteiger partial charge in [-0.3, -0.25) is 4.90 Å². The van der Waals surface area contributed by atoms with E-state index in [4.69, 9.17) is 11.6 Å². The van der Waals surface area contributed by atoms with Gasteiger partial charge in [0.25, 0.3) is 0 Å². The Hall–Kier alpha value is -0.640. The Morgan fingerprint density at radius 1 is 1.16 bits per heavy atom. The number of nitrogens with zero attached hydrogens (tertiary/aromatic N) is 2. The first kappa shape index (κ1) is 14.8. The molecule has 2 nitrogen and oxygen atoms in total. The van der Waals surface area contributed by atoms with Crippen LogP contribution < -0.4 is 0 Å². The van der Waals surface area contributed by atoms with Crippen LogP contribution in [0.1, 0.15) is 17.5 Å². The van der Waals surface area contributed by atoms with Crippen molar-refractivity contribution < 1.29 is 4.39 Å². The topological polar surface area (TPSA) is 6.48 Å². The molecule has 4 heteroatoms. The van der Waals surface area contributed by atoms with E-state index in [1.54, 1.807) is 12.1 Å². The normalized spacial score (nSPS) is 18.5. The van der Waals surface area contributed by atoms with Crippen LogP contribution in [0.5, 0.6) is 0 Å². The second-order valence-electron chi connectivity index (χ2n) is 5.23. The van der Waals surface area contributed by atoms with Crippen molar-refractivity contribution in [2.75, 3.05) is 38.6 Å². The van der Waals surface area contributed by atoms with E-state index in [0.717, 1.165) is 44.8 Å². The molecular formula is C15H22ClFN2. The molecule has 1 aromatic carbocycles. The number of alkyl halides is 1. The molecule has 0 aliphatic carbocycles. The van der Waals surface area contributed by atoms with Gasteiger partial charge in [0.2, 0.25) is 0 Å². The molecule has 2 rings (SSSR count). The molecule has 0 amide bonds. The van der Waals surface area contributed by atoms with Gasteiger partial charge in [-0.1, -0.05) is 6.07 Å². The van der Waals surface area contributed by atoms with Crippen molar-refractivity contribution in [1.82, 2.24) is 9.80 Å². The minimum absolute atomic E-state index is 0.148.